The number of aryl methyl sites for hydroxylation is 1. The number of benzene rings is 2. The molecule has 3 rings (SSSR count). The largest absolute Gasteiger partial charge is 0.359 e. The van der Waals surface area contributed by atoms with Crippen LogP contribution in [-0.4, -0.2) is 10.1 Å². The third-order valence-electron chi connectivity index (χ3n) is 3.57. The van der Waals surface area contributed by atoms with Crippen LogP contribution >= 0.6 is 0 Å². The second kappa shape index (κ2) is 6.15. The van der Waals surface area contributed by atoms with E-state index in [0.29, 0.717) is 11.4 Å². The van der Waals surface area contributed by atoms with Gasteiger partial charge in [0.25, 0.3) is 5.91 Å². The van der Waals surface area contributed by atoms with Crippen LogP contribution in [0.15, 0.2) is 64.5 Å². The average Bonchev–Trinajstić information content (AvgIpc) is 2.54. The lowest BCUT2D eigenvalue weighted by molar-refractivity contribution is -0.117. The summed E-state index contributed by atoms with van der Waals surface area (Å²) in [4.78, 5) is 13.2. The summed E-state index contributed by atoms with van der Waals surface area (Å²) < 4.78 is 12.5. The second-order valence-electron chi connectivity index (χ2n) is 5.03. The molecule has 0 radical (unpaired) electrons. The summed E-state index contributed by atoms with van der Waals surface area (Å²) >= 11 is 0. The molecule has 0 aromatic heterocycles. The maximum Gasteiger partial charge on any atom is 0.262 e. The molecule has 2 aromatic carbocycles. The maximum atomic E-state index is 12.5. The van der Waals surface area contributed by atoms with Gasteiger partial charge in [0.1, 0.15) is 4.91 Å². The van der Waals surface area contributed by atoms with Crippen molar-refractivity contribution in [3.05, 3.63) is 70.8 Å². The molecule has 5 heteroatoms. The van der Waals surface area contributed by atoms with Gasteiger partial charge in [-0.3, -0.25) is 4.79 Å². The molecule has 4 nitrogen and oxygen atoms in total. The molecular formula is C17H16N2O2S. The molecule has 2 aromatic rings. The zero-order valence-electron chi connectivity index (χ0n) is 12.1. The number of anilines is 1. The summed E-state index contributed by atoms with van der Waals surface area (Å²) in [7, 11) is -1.46. The summed E-state index contributed by atoms with van der Waals surface area (Å²) in [6, 6.07) is 15.1. The first-order chi connectivity index (χ1) is 10.7. The second-order valence-corrected chi connectivity index (χ2v) is 6.44. The van der Waals surface area contributed by atoms with Crippen molar-refractivity contribution in [2.24, 2.45) is 0 Å². The summed E-state index contributed by atoms with van der Waals surface area (Å²) in [6.45, 7) is 2.42. The SMILES string of the molecule is Cc1ccccc1CNC(=O)C1=CNc2ccccc2S1=O. The number of hydrogen-bond donors (Lipinski definition) is 2. The predicted molar refractivity (Wildman–Crippen MR) is 87.6 cm³/mol. The third kappa shape index (κ3) is 2.80. The first kappa shape index (κ1) is 14.5. The van der Waals surface area contributed by atoms with Crippen LogP contribution in [0.3, 0.4) is 0 Å². The zero-order chi connectivity index (χ0) is 15.5. The summed E-state index contributed by atoms with van der Waals surface area (Å²) in [5.41, 5.74) is 2.94. The Kier molecular flexibility index (Phi) is 4.06. The molecule has 0 aliphatic carbocycles. The molecule has 1 amide bonds. The molecule has 1 aliphatic rings. The van der Waals surface area contributed by atoms with Crippen LogP contribution in [0, 0.1) is 6.92 Å². The summed E-state index contributed by atoms with van der Waals surface area (Å²) in [5.74, 6) is -0.316. The van der Waals surface area contributed by atoms with Crippen LogP contribution in [0.5, 0.6) is 0 Å². The molecule has 2 N–H and O–H groups in total. The van der Waals surface area contributed by atoms with Gasteiger partial charge >= 0.3 is 0 Å². The van der Waals surface area contributed by atoms with Gasteiger partial charge in [-0.15, -0.1) is 0 Å². The van der Waals surface area contributed by atoms with Gasteiger partial charge < -0.3 is 10.6 Å². The number of fused-ring (bicyclic) bond motifs is 1. The van der Waals surface area contributed by atoms with Crippen molar-refractivity contribution in [1.82, 2.24) is 5.32 Å². The molecule has 0 spiro atoms. The minimum Gasteiger partial charge on any atom is -0.359 e. The van der Waals surface area contributed by atoms with Crippen LogP contribution in [0.1, 0.15) is 11.1 Å². The molecule has 0 fully saturated rings. The quantitative estimate of drug-likeness (QED) is 0.916. The fourth-order valence-electron chi connectivity index (χ4n) is 2.28. The van der Waals surface area contributed by atoms with E-state index in [2.05, 4.69) is 10.6 Å². The molecule has 22 heavy (non-hydrogen) atoms. The van der Waals surface area contributed by atoms with E-state index >= 15 is 0 Å². The lowest BCUT2D eigenvalue weighted by atomic mass is 10.1. The number of para-hydroxylation sites is 1. The Bertz CT molecular complexity index is 784. The van der Waals surface area contributed by atoms with E-state index in [9.17, 15) is 9.00 Å². The number of carbonyl (C=O) groups is 1. The van der Waals surface area contributed by atoms with Gasteiger partial charge in [0.05, 0.1) is 21.4 Å². The molecule has 1 aliphatic heterocycles. The molecule has 112 valence electrons. The number of carbonyl (C=O) groups excluding carboxylic acids is 1. The smallest absolute Gasteiger partial charge is 0.262 e. The molecule has 1 unspecified atom stereocenters. The minimum atomic E-state index is -1.46. The van der Waals surface area contributed by atoms with Gasteiger partial charge in [-0.2, -0.15) is 0 Å². The van der Waals surface area contributed by atoms with Gasteiger partial charge in [-0.25, -0.2) is 4.21 Å². The highest BCUT2D eigenvalue weighted by atomic mass is 32.2. The van der Waals surface area contributed by atoms with Gasteiger partial charge in [0.2, 0.25) is 0 Å². The first-order valence-electron chi connectivity index (χ1n) is 6.97. The highest BCUT2D eigenvalue weighted by Gasteiger charge is 2.24. The average molecular weight is 312 g/mol. The Morgan fingerprint density at radius 1 is 1.14 bits per heavy atom. The van der Waals surface area contributed by atoms with Crippen LogP contribution in [0.25, 0.3) is 0 Å². The van der Waals surface area contributed by atoms with Crippen molar-refractivity contribution in [2.45, 2.75) is 18.4 Å². The number of hydrogen-bond acceptors (Lipinski definition) is 3. The van der Waals surface area contributed by atoms with Gasteiger partial charge in [0.15, 0.2) is 0 Å². The lowest BCUT2D eigenvalue weighted by Gasteiger charge is -2.17. The molecule has 0 bridgehead atoms. The fraction of sp³-hybridized carbons (Fsp3) is 0.118. The normalized spacial score (nSPS) is 16.2. The van der Waals surface area contributed by atoms with Crippen LogP contribution in [0.4, 0.5) is 5.69 Å². The summed E-state index contributed by atoms with van der Waals surface area (Å²) in [5, 5.41) is 5.85. The van der Waals surface area contributed by atoms with E-state index < -0.39 is 10.8 Å². The van der Waals surface area contributed by atoms with Gasteiger partial charge in [-0.1, -0.05) is 36.4 Å². The van der Waals surface area contributed by atoms with E-state index in [1.165, 1.54) is 6.20 Å². The Morgan fingerprint density at radius 2 is 1.86 bits per heavy atom. The van der Waals surface area contributed by atoms with Crippen molar-refractivity contribution >= 4 is 22.4 Å². The maximum absolute atomic E-state index is 12.5. The molecule has 1 atom stereocenters. The number of amides is 1. The van der Waals surface area contributed by atoms with Gasteiger partial charge in [-0.05, 0) is 30.2 Å². The van der Waals surface area contributed by atoms with Crippen LogP contribution < -0.4 is 10.6 Å². The minimum absolute atomic E-state index is 0.243. The van der Waals surface area contributed by atoms with Crippen molar-refractivity contribution < 1.29 is 9.00 Å². The fourth-order valence-corrected chi connectivity index (χ4v) is 3.46. The lowest BCUT2D eigenvalue weighted by Crippen LogP contribution is -2.28. The Balaban J connectivity index is 1.73. The third-order valence-corrected chi connectivity index (χ3v) is 5.03. The Labute approximate surface area is 131 Å². The van der Waals surface area contributed by atoms with Crippen LogP contribution in [-0.2, 0) is 22.1 Å². The van der Waals surface area contributed by atoms with Crippen molar-refractivity contribution in [1.29, 1.82) is 0 Å². The van der Waals surface area contributed by atoms with Crippen molar-refractivity contribution in [3.63, 3.8) is 0 Å². The summed E-state index contributed by atoms with van der Waals surface area (Å²) in [6.07, 6.45) is 1.52. The highest BCUT2D eigenvalue weighted by Crippen LogP contribution is 2.27. The number of nitrogens with one attached hydrogen (secondary N) is 2. The molecule has 1 heterocycles. The standard InChI is InChI=1S/C17H16N2O2S/c1-12-6-2-3-7-13(12)10-19-17(20)16-11-18-14-8-4-5-9-15(14)22(16)21/h2-9,11,18H,10H2,1H3,(H,19,20). The van der Waals surface area contributed by atoms with E-state index in [0.717, 1.165) is 16.8 Å². The monoisotopic (exact) mass is 312 g/mol. The van der Waals surface area contributed by atoms with E-state index in [-0.39, 0.29) is 10.8 Å². The molecule has 0 saturated heterocycles. The first-order valence-corrected chi connectivity index (χ1v) is 8.12. The Morgan fingerprint density at radius 3 is 2.68 bits per heavy atom. The van der Waals surface area contributed by atoms with E-state index in [1.807, 2.05) is 49.4 Å². The zero-order valence-corrected chi connectivity index (χ0v) is 12.9. The van der Waals surface area contributed by atoms with Crippen molar-refractivity contribution in [2.75, 3.05) is 5.32 Å². The molecule has 0 saturated carbocycles. The Hall–Kier alpha value is -2.40. The topological polar surface area (TPSA) is 58.2 Å². The van der Waals surface area contributed by atoms with E-state index in [1.54, 1.807) is 6.07 Å². The predicted octanol–water partition coefficient (Wildman–Crippen LogP) is 2.69. The van der Waals surface area contributed by atoms with Crippen molar-refractivity contribution in [3.8, 4) is 0 Å². The van der Waals surface area contributed by atoms with Gasteiger partial charge in [0, 0.05) is 12.7 Å². The van der Waals surface area contributed by atoms with Crippen LogP contribution in [0.2, 0.25) is 0 Å². The molecular weight excluding hydrogens is 296 g/mol. The highest BCUT2D eigenvalue weighted by molar-refractivity contribution is 7.90. The number of rotatable bonds is 3. The van der Waals surface area contributed by atoms with E-state index in [4.69, 9.17) is 0 Å².